The van der Waals surface area contributed by atoms with Crippen LogP contribution in [0.15, 0.2) is 30.5 Å². The van der Waals surface area contributed by atoms with Crippen molar-refractivity contribution in [3.05, 3.63) is 40.6 Å². The van der Waals surface area contributed by atoms with Gasteiger partial charge in [-0.25, -0.2) is 9.78 Å². The van der Waals surface area contributed by atoms with Gasteiger partial charge in [-0.1, -0.05) is 18.2 Å². The molecule has 1 aromatic carbocycles. The fourth-order valence-corrected chi connectivity index (χ4v) is 1.97. The third kappa shape index (κ3) is 4.29. The second-order valence-electron chi connectivity index (χ2n) is 5.82. The van der Waals surface area contributed by atoms with Crippen molar-refractivity contribution in [1.29, 1.82) is 0 Å². The maximum absolute atomic E-state index is 11.6. The van der Waals surface area contributed by atoms with Gasteiger partial charge in [0.25, 0.3) is 0 Å². The highest BCUT2D eigenvalue weighted by Crippen LogP contribution is 2.30. The first-order valence-corrected chi connectivity index (χ1v) is 7.01. The van der Waals surface area contributed by atoms with Gasteiger partial charge >= 0.3 is 11.8 Å². The predicted molar refractivity (Wildman–Crippen MR) is 86.3 cm³/mol. The van der Waals surface area contributed by atoms with Gasteiger partial charge in [0.15, 0.2) is 0 Å². The highest BCUT2D eigenvalue weighted by Gasteiger charge is 2.19. The fraction of sp³-hybridized carbons (Fsp3) is 0.333. The van der Waals surface area contributed by atoms with Gasteiger partial charge in [0.05, 0.1) is 17.1 Å². The van der Waals surface area contributed by atoms with Crippen LogP contribution < -0.4 is 10.6 Å². The van der Waals surface area contributed by atoms with Gasteiger partial charge in [0, 0.05) is 5.39 Å². The van der Waals surface area contributed by atoms with Crippen LogP contribution in [-0.4, -0.2) is 28.3 Å². The average molecular weight is 318 g/mol. The minimum Gasteiger partial charge on any atom is -0.444 e. The molecule has 0 saturated heterocycles. The molecule has 2 N–H and O–H groups in total. The average Bonchev–Trinajstić information content (AvgIpc) is 2.45. The molecule has 1 aromatic heterocycles. The molecule has 0 radical (unpaired) electrons. The monoisotopic (exact) mass is 318 g/mol. The maximum atomic E-state index is 11.6. The summed E-state index contributed by atoms with van der Waals surface area (Å²) in [6, 6.07) is 7.04. The Balaban J connectivity index is 2.17. The second kappa shape index (κ2) is 6.47. The number of aromatic nitrogens is 1. The number of ether oxygens (including phenoxy) is 1. The number of anilines is 1. The normalized spacial score (nSPS) is 11.1. The van der Waals surface area contributed by atoms with Crippen LogP contribution in [0.2, 0.25) is 0 Å². The highest BCUT2D eigenvalue weighted by molar-refractivity contribution is 5.95. The summed E-state index contributed by atoms with van der Waals surface area (Å²) >= 11 is 0. The zero-order valence-corrected chi connectivity index (χ0v) is 13.1. The number of carbonyl (C=O) groups excluding carboxylic acids is 1. The van der Waals surface area contributed by atoms with E-state index in [0.29, 0.717) is 16.6 Å². The number of hydrogen-bond donors (Lipinski definition) is 2. The first-order valence-electron chi connectivity index (χ1n) is 7.01. The molecule has 0 unspecified atom stereocenters. The van der Waals surface area contributed by atoms with Gasteiger partial charge in [-0.3, -0.25) is 10.1 Å². The number of carbonyl (C=O) groups is 1. The first-order chi connectivity index (χ1) is 10.8. The van der Waals surface area contributed by atoms with E-state index in [2.05, 4.69) is 15.6 Å². The van der Waals surface area contributed by atoms with Crippen LogP contribution in [0.1, 0.15) is 20.8 Å². The van der Waals surface area contributed by atoms with E-state index < -0.39 is 16.6 Å². The SMILES string of the molecule is CC(C)(C)OC(=O)NCNc1c([N+](=O)[O-])cnc2ccccc12. The van der Waals surface area contributed by atoms with Gasteiger partial charge in [-0.05, 0) is 26.8 Å². The van der Waals surface area contributed by atoms with Gasteiger partial charge in [-0.2, -0.15) is 0 Å². The van der Waals surface area contributed by atoms with Crippen molar-refractivity contribution in [2.24, 2.45) is 0 Å². The van der Waals surface area contributed by atoms with Crippen molar-refractivity contribution in [3.63, 3.8) is 0 Å². The van der Waals surface area contributed by atoms with Crippen molar-refractivity contribution >= 4 is 28.4 Å². The Hall–Kier alpha value is -2.90. The van der Waals surface area contributed by atoms with Crippen molar-refractivity contribution < 1.29 is 14.5 Å². The Labute approximate surface area is 133 Å². The van der Waals surface area contributed by atoms with Crippen LogP contribution in [0, 0.1) is 10.1 Å². The molecule has 0 bridgehead atoms. The molecule has 23 heavy (non-hydrogen) atoms. The molecule has 1 heterocycles. The summed E-state index contributed by atoms with van der Waals surface area (Å²) in [5, 5.41) is 17.1. The number of nitrogens with one attached hydrogen (secondary N) is 2. The topological polar surface area (TPSA) is 106 Å². The molecule has 1 amide bonds. The Morgan fingerprint density at radius 2 is 2.04 bits per heavy atom. The number of nitro groups is 1. The lowest BCUT2D eigenvalue weighted by Crippen LogP contribution is -2.35. The predicted octanol–water partition coefficient (Wildman–Crippen LogP) is 3.04. The summed E-state index contributed by atoms with van der Waals surface area (Å²) in [6.07, 6.45) is 0.587. The van der Waals surface area contributed by atoms with Crippen LogP contribution in [0.4, 0.5) is 16.2 Å². The molecule has 0 fully saturated rings. The van der Waals surface area contributed by atoms with Crippen LogP contribution in [0.25, 0.3) is 10.9 Å². The fourth-order valence-electron chi connectivity index (χ4n) is 1.97. The molecule has 0 aliphatic heterocycles. The van der Waals surface area contributed by atoms with E-state index in [1.54, 1.807) is 45.0 Å². The number of alkyl carbamates (subject to hydrolysis) is 1. The summed E-state index contributed by atoms with van der Waals surface area (Å²) in [5.74, 6) is 0. The molecule has 0 spiro atoms. The van der Waals surface area contributed by atoms with E-state index in [0.717, 1.165) is 0 Å². The Morgan fingerprint density at radius 1 is 1.35 bits per heavy atom. The van der Waals surface area contributed by atoms with Crippen LogP contribution >= 0.6 is 0 Å². The summed E-state index contributed by atoms with van der Waals surface area (Å²) < 4.78 is 5.10. The number of benzene rings is 1. The number of fused-ring (bicyclic) bond motifs is 1. The lowest BCUT2D eigenvalue weighted by molar-refractivity contribution is -0.384. The number of hydrogen-bond acceptors (Lipinski definition) is 6. The maximum Gasteiger partial charge on any atom is 0.409 e. The van der Waals surface area contributed by atoms with Crippen molar-refractivity contribution in [3.8, 4) is 0 Å². The van der Waals surface area contributed by atoms with Gasteiger partial charge in [0.2, 0.25) is 0 Å². The highest BCUT2D eigenvalue weighted by atomic mass is 16.6. The molecule has 8 heteroatoms. The molecule has 0 atom stereocenters. The standard InChI is InChI=1S/C15H18N4O4/c1-15(2,3)23-14(20)18-9-17-13-10-6-4-5-7-11(10)16-8-12(13)19(21)22/h4-8H,9H2,1-3H3,(H,16,17)(H,18,20). The van der Waals surface area contributed by atoms with Crippen molar-refractivity contribution in [2.75, 3.05) is 12.0 Å². The zero-order valence-electron chi connectivity index (χ0n) is 13.1. The Morgan fingerprint density at radius 3 is 2.70 bits per heavy atom. The molecule has 2 aromatic rings. The largest absolute Gasteiger partial charge is 0.444 e. The minimum atomic E-state index is -0.612. The first kappa shape index (κ1) is 16.5. The molecule has 0 saturated carbocycles. The lowest BCUT2D eigenvalue weighted by Gasteiger charge is -2.20. The summed E-state index contributed by atoms with van der Waals surface area (Å²) in [7, 11) is 0. The molecule has 8 nitrogen and oxygen atoms in total. The lowest BCUT2D eigenvalue weighted by atomic mass is 10.1. The van der Waals surface area contributed by atoms with E-state index in [1.807, 2.05) is 0 Å². The molecular weight excluding hydrogens is 300 g/mol. The number of amides is 1. The van der Waals surface area contributed by atoms with Gasteiger partial charge in [-0.15, -0.1) is 0 Å². The summed E-state index contributed by atoms with van der Waals surface area (Å²) in [5.41, 5.74) is 0.156. The molecule has 0 aliphatic carbocycles. The summed E-state index contributed by atoms with van der Waals surface area (Å²) in [4.78, 5) is 26.3. The number of nitrogens with zero attached hydrogens (tertiary/aromatic N) is 2. The van der Waals surface area contributed by atoms with E-state index in [1.165, 1.54) is 6.20 Å². The second-order valence-corrected chi connectivity index (χ2v) is 5.82. The quantitative estimate of drug-likeness (QED) is 0.510. The Bertz CT molecular complexity index is 740. The molecular formula is C15H18N4O4. The molecule has 2 rings (SSSR count). The smallest absolute Gasteiger partial charge is 0.409 e. The zero-order chi connectivity index (χ0) is 17.0. The van der Waals surface area contributed by atoms with Crippen LogP contribution in [0.3, 0.4) is 0 Å². The van der Waals surface area contributed by atoms with Crippen LogP contribution in [0.5, 0.6) is 0 Å². The third-order valence-electron chi connectivity index (χ3n) is 2.85. The van der Waals surface area contributed by atoms with E-state index in [9.17, 15) is 14.9 Å². The summed E-state index contributed by atoms with van der Waals surface area (Å²) in [6.45, 7) is 5.24. The van der Waals surface area contributed by atoms with Crippen LogP contribution in [-0.2, 0) is 4.74 Å². The van der Waals surface area contributed by atoms with E-state index >= 15 is 0 Å². The van der Waals surface area contributed by atoms with E-state index in [-0.39, 0.29) is 12.4 Å². The van der Waals surface area contributed by atoms with Crippen molar-refractivity contribution in [2.45, 2.75) is 26.4 Å². The number of pyridine rings is 1. The Kier molecular flexibility index (Phi) is 4.63. The number of para-hydroxylation sites is 1. The number of rotatable bonds is 4. The minimum absolute atomic E-state index is 0.0102. The van der Waals surface area contributed by atoms with Gasteiger partial charge in [0.1, 0.15) is 17.5 Å². The van der Waals surface area contributed by atoms with Crippen molar-refractivity contribution in [1.82, 2.24) is 10.3 Å². The van der Waals surface area contributed by atoms with Gasteiger partial charge < -0.3 is 15.4 Å². The molecule has 122 valence electrons. The van der Waals surface area contributed by atoms with E-state index in [4.69, 9.17) is 4.74 Å². The third-order valence-corrected chi connectivity index (χ3v) is 2.85. The molecule has 0 aliphatic rings.